The van der Waals surface area contributed by atoms with Gasteiger partial charge in [0.1, 0.15) is 11.6 Å². The quantitative estimate of drug-likeness (QED) is 0.906. The summed E-state index contributed by atoms with van der Waals surface area (Å²) in [6.07, 6.45) is -0.738. The molecule has 1 unspecified atom stereocenters. The van der Waals surface area contributed by atoms with Gasteiger partial charge in [0.2, 0.25) is 10.0 Å². The van der Waals surface area contributed by atoms with Crippen LogP contribution in [0.4, 0.5) is 8.78 Å². The molecule has 5 nitrogen and oxygen atoms in total. The molecule has 0 radical (unpaired) electrons. The van der Waals surface area contributed by atoms with Crippen LogP contribution in [0, 0.1) is 11.6 Å². The average molecular weight is 321 g/mol. The predicted octanol–water partition coefficient (Wildman–Crippen LogP) is 1.13. The monoisotopic (exact) mass is 321 g/mol. The third-order valence-electron chi connectivity index (χ3n) is 3.17. The van der Waals surface area contributed by atoms with Gasteiger partial charge < -0.3 is 9.84 Å². The molecule has 1 aromatic carbocycles. The van der Waals surface area contributed by atoms with Gasteiger partial charge in [0.25, 0.3) is 0 Å². The van der Waals surface area contributed by atoms with Crippen LogP contribution in [0.3, 0.4) is 0 Å². The molecule has 118 valence electrons. The van der Waals surface area contributed by atoms with Crippen molar-refractivity contribution >= 4 is 10.0 Å². The zero-order valence-electron chi connectivity index (χ0n) is 11.7. The number of halogens is 2. The van der Waals surface area contributed by atoms with E-state index in [1.165, 1.54) is 0 Å². The van der Waals surface area contributed by atoms with Crippen LogP contribution in [-0.4, -0.2) is 49.2 Å². The number of aliphatic hydroxyl groups is 1. The Morgan fingerprint density at radius 3 is 2.48 bits per heavy atom. The van der Waals surface area contributed by atoms with Crippen LogP contribution in [0.25, 0.3) is 0 Å². The van der Waals surface area contributed by atoms with E-state index in [4.69, 9.17) is 4.74 Å². The number of aliphatic hydroxyl groups excluding tert-OH is 1. The van der Waals surface area contributed by atoms with Crippen LogP contribution in [0.5, 0.6) is 0 Å². The fourth-order valence-corrected chi connectivity index (χ4v) is 4.11. The zero-order valence-corrected chi connectivity index (χ0v) is 12.5. The van der Waals surface area contributed by atoms with Crippen molar-refractivity contribution in [2.75, 3.05) is 19.7 Å². The Bertz CT molecular complexity index is 613. The average Bonchev–Trinajstić information content (AvgIpc) is 2.36. The molecule has 1 heterocycles. The molecule has 21 heavy (non-hydrogen) atoms. The highest BCUT2D eigenvalue weighted by atomic mass is 32.2. The van der Waals surface area contributed by atoms with Gasteiger partial charge in [-0.2, -0.15) is 4.31 Å². The van der Waals surface area contributed by atoms with Crippen molar-refractivity contribution < 1.29 is 27.0 Å². The normalized spacial score (nSPS) is 23.2. The Morgan fingerprint density at radius 2 is 1.95 bits per heavy atom. The van der Waals surface area contributed by atoms with Crippen LogP contribution in [0.2, 0.25) is 0 Å². The maximum Gasteiger partial charge on any atom is 0.249 e. The van der Waals surface area contributed by atoms with Crippen molar-refractivity contribution in [3.63, 3.8) is 0 Å². The van der Waals surface area contributed by atoms with Gasteiger partial charge in [-0.1, -0.05) is 6.07 Å². The van der Waals surface area contributed by atoms with Gasteiger partial charge in [-0.15, -0.1) is 0 Å². The fraction of sp³-hybridized carbons (Fsp3) is 0.538. The summed E-state index contributed by atoms with van der Waals surface area (Å²) in [4.78, 5) is -0.973. The number of morpholine rings is 1. The number of benzene rings is 1. The minimum Gasteiger partial charge on any atom is -0.394 e. The highest BCUT2D eigenvalue weighted by molar-refractivity contribution is 7.89. The maximum atomic E-state index is 13.7. The SMILES string of the molecule is CC1(C)CN(S(=O)(=O)c2c(F)cccc2F)CC(CO)O1. The molecular weight excluding hydrogens is 304 g/mol. The standard InChI is InChI=1S/C13H17F2NO4S/c1-13(2)8-16(6-9(7-17)20-13)21(18,19)12-10(14)4-3-5-11(12)15/h3-5,9,17H,6-8H2,1-2H3. The van der Waals surface area contributed by atoms with E-state index < -0.39 is 38.3 Å². The topological polar surface area (TPSA) is 66.8 Å². The summed E-state index contributed by atoms with van der Waals surface area (Å²) in [6, 6.07) is 2.89. The molecule has 1 N–H and O–H groups in total. The Kier molecular flexibility index (Phi) is 4.34. The second kappa shape index (κ2) is 5.60. The maximum absolute atomic E-state index is 13.7. The summed E-state index contributed by atoms with van der Waals surface area (Å²) >= 11 is 0. The molecule has 1 saturated heterocycles. The molecule has 0 aromatic heterocycles. The first kappa shape index (κ1) is 16.3. The molecule has 1 atom stereocenters. The van der Waals surface area contributed by atoms with Gasteiger partial charge in [-0.05, 0) is 26.0 Å². The lowest BCUT2D eigenvalue weighted by atomic mass is 10.1. The molecule has 1 fully saturated rings. The minimum absolute atomic E-state index is 0.0559. The first-order valence-electron chi connectivity index (χ1n) is 6.40. The predicted molar refractivity (Wildman–Crippen MR) is 71.2 cm³/mol. The van der Waals surface area contributed by atoms with Crippen LogP contribution in [-0.2, 0) is 14.8 Å². The third kappa shape index (κ3) is 3.23. The van der Waals surface area contributed by atoms with E-state index in [9.17, 15) is 22.3 Å². The van der Waals surface area contributed by atoms with Crippen molar-refractivity contribution in [2.24, 2.45) is 0 Å². The van der Waals surface area contributed by atoms with Crippen molar-refractivity contribution in [3.05, 3.63) is 29.8 Å². The van der Waals surface area contributed by atoms with Gasteiger partial charge in [-0.25, -0.2) is 17.2 Å². The highest BCUT2D eigenvalue weighted by Gasteiger charge is 2.41. The van der Waals surface area contributed by atoms with Crippen LogP contribution < -0.4 is 0 Å². The van der Waals surface area contributed by atoms with Crippen molar-refractivity contribution in [3.8, 4) is 0 Å². The lowest BCUT2D eigenvalue weighted by molar-refractivity contribution is -0.131. The molecule has 0 amide bonds. The third-order valence-corrected chi connectivity index (χ3v) is 5.03. The largest absolute Gasteiger partial charge is 0.394 e. The summed E-state index contributed by atoms with van der Waals surface area (Å²) < 4.78 is 58.9. The van der Waals surface area contributed by atoms with E-state index in [0.717, 1.165) is 22.5 Å². The molecule has 1 aromatic rings. The number of rotatable bonds is 3. The second-order valence-corrected chi connectivity index (χ2v) is 7.41. The number of hydrogen-bond acceptors (Lipinski definition) is 4. The Labute approximate surface area is 122 Å². The summed E-state index contributed by atoms with van der Waals surface area (Å²) in [5, 5.41) is 9.19. The van der Waals surface area contributed by atoms with Gasteiger partial charge in [0, 0.05) is 13.1 Å². The van der Waals surface area contributed by atoms with E-state index in [1.54, 1.807) is 13.8 Å². The molecule has 0 saturated carbocycles. The van der Waals surface area contributed by atoms with E-state index >= 15 is 0 Å². The molecular formula is C13H17F2NO4S. The molecule has 0 aliphatic carbocycles. The zero-order chi connectivity index (χ0) is 15.8. The molecule has 0 spiro atoms. The number of sulfonamides is 1. The van der Waals surface area contributed by atoms with Crippen molar-refractivity contribution in [2.45, 2.75) is 30.4 Å². The summed E-state index contributed by atoms with van der Waals surface area (Å²) in [6.45, 7) is 2.70. The highest BCUT2D eigenvalue weighted by Crippen LogP contribution is 2.28. The molecule has 8 heteroatoms. The van der Waals surface area contributed by atoms with E-state index in [2.05, 4.69) is 0 Å². The van der Waals surface area contributed by atoms with Gasteiger partial charge in [0.15, 0.2) is 4.90 Å². The van der Waals surface area contributed by atoms with Gasteiger partial charge in [0.05, 0.1) is 18.3 Å². The smallest absolute Gasteiger partial charge is 0.249 e. The number of hydrogen-bond donors (Lipinski definition) is 1. The van der Waals surface area contributed by atoms with E-state index in [1.807, 2.05) is 0 Å². The first-order valence-corrected chi connectivity index (χ1v) is 7.84. The van der Waals surface area contributed by atoms with Crippen LogP contribution in [0.1, 0.15) is 13.8 Å². The summed E-state index contributed by atoms with van der Waals surface area (Å²) in [5.41, 5.74) is -0.861. The minimum atomic E-state index is -4.35. The Morgan fingerprint density at radius 1 is 1.38 bits per heavy atom. The summed E-state index contributed by atoms with van der Waals surface area (Å²) in [7, 11) is -4.35. The lowest BCUT2D eigenvalue weighted by Gasteiger charge is -2.41. The van der Waals surface area contributed by atoms with E-state index in [-0.39, 0.29) is 19.7 Å². The Hall–Kier alpha value is -1.09. The van der Waals surface area contributed by atoms with Crippen LogP contribution >= 0.6 is 0 Å². The summed E-state index contributed by atoms with van der Waals surface area (Å²) in [5.74, 6) is -2.28. The van der Waals surface area contributed by atoms with Gasteiger partial charge >= 0.3 is 0 Å². The number of ether oxygens (including phenoxy) is 1. The first-order chi connectivity index (χ1) is 9.67. The fourth-order valence-electron chi connectivity index (χ4n) is 2.38. The molecule has 0 bridgehead atoms. The van der Waals surface area contributed by atoms with E-state index in [0.29, 0.717) is 0 Å². The lowest BCUT2D eigenvalue weighted by Crippen LogP contribution is -2.55. The van der Waals surface area contributed by atoms with Crippen LogP contribution in [0.15, 0.2) is 23.1 Å². The molecule has 2 rings (SSSR count). The Balaban J connectivity index is 2.44. The van der Waals surface area contributed by atoms with Crippen molar-refractivity contribution in [1.82, 2.24) is 4.31 Å². The van der Waals surface area contributed by atoms with Crippen molar-refractivity contribution in [1.29, 1.82) is 0 Å². The van der Waals surface area contributed by atoms with Gasteiger partial charge in [-0.3, -0.25) is 0 Å². The second-order valence-electron chi connectivity index (χ2n) is 5.53. The molecule has 1 aliphatic rings. The molecule has 1 aliphatic heterocycles. The number of nitrogens with zero attached hydrogens (tertiary/aromatic N) is 1.